The topological polar surface area (TPSA) is 63.8 Å². The standard InChI is InChI=1S/C12H14N4/c1-9-6-10(13)7-15-12(9)16-8-11-4-2-3-5-14-11/h2-7H,8,13H2,1H3,(H,15,16). The van der Waals surface area contributed by atoms with Gasteiger partial charge in [0.15, 0.2) is 0 Å². The molecule has 0 spiro atoms. The molecular formula is C12H14N4. The van der Waals surface area contributed by atoms with Gasteiger partial charge in [-0.3, -0.25) is 4.98 Å². The molecule has 0 bridgehead atoms. The molecule has 0 unspecified atom stereocenters. The lowest BCUT2D eigenvalue weighted by Crippen LogP contribution is -2.04. The second kappa shape index (κ2) is 4.61. The van der Waals surface area contributed by atoms with Gasteiger partial charge in [-0.1, -0.05) is 6.07 Å². The third kappa shape index (κ3) is 2.48. The summed E-state index contributed by atoms with van der Waals surface area (Å²) in [7, 11) is 0. The molecule has 0 fully saturated rings. The van der Waals surface area contributed by atoms with Crippen LogP contribution in [0.25, 0.3) is 0 Å². The molecule has 3 N–H and O–H groups in total. The molecule has 2 rings (SSSR count). The Balaban J connectivity index is 2.05. The summed E-state index contributed by atoms with van der Waals surface area (Å²) in [5, 5.41) is 3.23. The number of pyridine rings is 2. The van der Waals surface area contributed by atoms with E-state index in [9.17, 15) is 0 Å². The smallest absolute Gasteiger partial charge is 0.129 e. The SMILES string of the molecule is Cc1cc(N)cnc1NCc1ccccn1. The molecule has 0 aromatic carbocycles. The van der Waals surface area contributed by atoms with E-state index in [2.05, 4.69) is 15.3 Å². The first-order valence-electron chi connectivity index (χ1n) is 5.11. The third-order valence-corrected chi connectivity index (χ3v) is 2.26. The minimum Gasteiger partial charge on any atom is -0.397 e. The first-order valence-corrected chi connectivity index (χ1v) is 5.11. The van der Waals surface area contributed by atoms with Crippen molar-refractivity contribution in [2.45, 2.75) is 13.5 Å². The van der Waals surface area contributed by atoms with E-state index in [0.29, 0.717) is 12.2 Å². The van der Waals surface area contributed by atoms with Crippen LogP contribution in [0.1, 0.15) is 11.3 Å². The van der Waals surface area contributed by atoms with E-state index in [0.717, 1.165) is 17.1 Å². The van der Waals surface area contributed by atoms with Crippen molar-refractivity contribution in [1.82, 2.24) is 9.97 Å². The lowest BCUT2D eigenvalue weighted by Gasteiger charge is -2.08. The van der Waals surface area contributed by atoms with E-state index in [-0.39, 0.29) is 0 Å². The summed E-state index contributed by atoms with van der Waals surface area (Å²) in [5.74, 6) is 0.847. The van der Waals surface area contributed by atoms with Gasteiger partial charge in [0, 0.05) is 6.20 Å². The van der Waals surface area contributed by atoms with Crippen molar-refractivity contribution < 1.29 is 0 Å². The van der Waals surface area contributed by atoms with Gasteiger partial charge in [-0.2, -0.15) is 0 Å². The van der Waals surface area contributed by atoms with Crippen molar-refractivity contribution in [2.75, 3.05) is 11.1 Å². The molecular weight excluding hydrogens is 200 g/mol. The van der Waals surface area contributed by atoms with E-state index in [4.69, 9.17) is 5.73 Å². The predicted octanol–water partition coefficient (Wildman–Crippen LogP) is 1.98. The average molecular weight is 214 g/mol. The van der Waals surface area contributed by atoms with Gasteiger partial charge in [-0.25, -0.2) is 4.98 Å². The maximum absolute atomic E-state index is 5.63. The highest BCUT2D eigenvalue weighted by Gasteiger charge is 2.00. The van der Waals surface area contributed by atoms with Gasteiger partial charge in [0.25, 0.3) is 0 Å². The lowest BCUT2D eigenvalue weighted by atomic mass is 10.2. The van der Waals surface area contributed by atoms with E-state index >= 15 is 0 Å². The van der Waals surface area contributed by atoms with Crippen LogP contribution in [-0.4, -0.2) is 9.97 Å². The molecule has 2 heterocycles. The van der Waals surface area contributed by atoms with Crippen LogP contribution in [-0.2, 0) is 6.54 Å². The Labute approximate surface area is 94.5 Å². The zero-order valence-electron chi connectivity index (χ0n) is 9.14. The van der Waals surface area contributed by atoms with Crippen molar-refractivity contribution in [2.24, 2.45) is 0 Å². The molecule has 2 aromatic heterocycles. The van der Waals surface area contributed by atoms with E-state index in [1.807, 2.05) is 31.2 Å². The molecule has 0 amide bonds. The zero-order valence-corrected chi connectivity index (χ0v) is 9.14. The summed E-state index contributed by atoms with van der Waals surface area (Å²) < 4.78 is 0. The Morgan fingerprint density at radius 3 is 2.88 bits per heavy atom. The van der Waals surface area contributed by atoms with Gasteiger partial charge in [0.05, 0.1) is 24.1 Å². The largest absolute Gasteiger partial charge is 0.397 e. The first kappa shape index (κ1) is 10.4. The summed E-state index contributed by atoms with van der Waals surface area (Å²) in [5.41, 5.74) is 8.34. The van der Waals surface area contributed by atoms with E-state index < -0.39 is 0 Å². The second-order valence-corrected chi connectivity index (χ2v) is 3.61. The number of anilines is 2. The van der Waals surface area contributed by atoms with Crippen molar-refractivity contribution in [3.63, 3.8) is 0 Å². The van der Waals surface area contributed by atoms with Crippen molar-refractivity contribution in [3.05, 3.63) is 47.9 Å². The Morgan fingerprint density at radius 2 is 2.19 bits per heavy atom. The molecule has 0 aliphatic carbocycles. The highest BCUT2D eigenvalue weighted by atomic mass is 15.0. The Morgan fingerprint density at radius 1 is 1.31 bits per heavy atom. The maximum Gasteiger partial charge on any atom is 0.129 e. The zero-order chi connectivity index (χ0) is 11.4. The van der Waals surface area contributed by atoms with Gasteiger partial charge in [0.2, 0.25) is 0 Å². The number of aromatic nitrogens is 2. The Bertz CT molecular complexity index is 468. The summed E-state index contributed by atoms with van der Waals surface area (Å²) in [6.45, 7) is 2.64. The number of nitrogens with one attached hydrogen (secondary N) is 1. The monoisotopic (exact) mass is 214 g/mol. The molecule has 82 valence electrons. The van der Waals surface area contributed by atoms with Crippen LogP contribution in [0.15, 0.2) is 36.7 Å². The van der Waals surface area contributed by atoms with Gasteiger partial charge in [-0.15, -0.1) is 0 Å². The van der Waals surface area contributed by atoms with Crippen LogP contribution < -0.4 is 11.1 Å². The summed E-state index contributed by atoms with van der Waals surface area (Å²) in [4.78, 5) is 8.46. The molecule has 0 saturated heterocycles. The number of hydrogen-bond acceptors (Lipinski definition) is 4. The van der Waals surface area contributed by atoms with Crippen molar-refractivity contribution in [3.8, 4) is 0 Å². The third-order valence-electron chi connectivity index (χ3n) is 2.26. The van der Waals surface area contributed by atoms with Gasteiger partial charge in [0.1, 0.15) is 5.82 Å². The Kier molecular flexibility index (Phi) is 3.00. The molecule has 4 nitrogen and oxygen atoms in total. The average Bonchev–Trinajstić information content (AvgIpc) is 2.29. The minimum atomic E-state index is 0.665. The lowest BCUT2D eigenvalue weighted by molar-refractivity contribution is 1.02. The van der Waals surface area contributed by atoms with Crippen molar-refractivity contribution in [1.29, 1.82) is 0 Å². The van der Waals surface area contributed by atoms with Gasteiger partial charge in [-0.05, 0) is 30.7 Å². The molecule has 4 heteroatoms. The molecule has 0 saturated carbocycles. The number of hydrogen-bond donors (Lipinski definition) is 2. The fourth-order valence-corrected chi connectivity index (χ4v) is 1.46. The molecule has 16 heavy (non-hydrogen) atoms. The molecule has 0 aliphatic rings. The van der Waals surface area contributed by atoms with Crippen LogP contribution in [0.4, 0.5) is 11.5 Å². The van der Waals surface area contributed by atoms with E-state index in [1.54, 1.807) is 12.4 Å². The predicted molar refractivity (Wildman–Crippen MR) is 65.0 cm³/mol. The number of rotatable bonds is 3. The minimum absolute atomic E-state index is 0.665. The molecule has 2 aromatic rings. The molecule has 0 atom stereocenters. The summed E-state index contributed by atoms with van der Waals surface area (Å²) in [6, 6.07) is 7.73. The quantitative estimate of drug-likeness (QED) is 0.820. The highest BCUT2D eigenvalue weighted by Crippen LogP contribution is 2.14. The number of nitrogens with two attached hydrogens (primary N) is 1. The van der Waals surface area contributed by atoms with Gasteiger partial charge < -0.3 is 11.1 Å². The normalized spacial score (nSPS) is 10.1. The Hall–Kier alpha value is -2.10. The fraction of sp³-hybridized carbons (Fsp3) is 0.167. The van der Waals surface area contributed by atoms with Crippen molar-refractivity contribution >= 4 is 11.5 Å². The summed E-state index contributed by atoms with van der Waals surface area (Å²) >= 11 is 0. The van der Waals surface area contributed by atoms with Gasteiger partial charge >= 0.3 is 0 Å². The maximum atomic E-state index is 5.63. The van der Waals surface area contributed by atoms with Crippen LogP contribution in [0.3, 0.4) is 0 Å². The van der Waals surface area contributed by atoms with Crippen LogP contribution in [0, 0.1) is 6.92 Å². The molecule has 0 radical (unpaired) electrons. The molecule has 0 aliphatic heterocycles. The fourth-order valence-electron chi connectivity index (χ4n) is 1.46. The number of nitrogens with zero attached hydrogens (tertiary/aromatic N) is 2. The first-order chi connectivity index (χ1) is 7.75. The second-order valence-electron chi connectivity index (χ2n) is 3.61. The van der Waals surface area contributed by atoms with E-state index in [1.165, 1.54) is 0 Å². The number of nitrogen functional groups attached to an aromatic ring is 1. The number of aryl methyl sites for hydroxylation is 1. The summed E-state index contributed by atoms with van der Waals surface area (Å²) in [6.07, 6.45) is 3.42. The van der Waals surface area contributed by atoms with Crippen LogP contribution in [0.2, 0.25) is 0 Å². The van der Waals surface area contributed by atoms with Crippen LogP contribution >= 0.6 is 0 Å². The highest BCUT2D eigenvalue weighted by molar-refractivity contribution is 5.50. The van der Waals surface area contributed by atoms with Crippen LogP contribution in [0.5, 0.6) is 0 Å².